The number of rotatable bonds is 6. The minimum absolute atomic E-state index is 0.00949. The van der Waals surface area contributed by atoms with E-state index in [9.17, 15) is 9.59 Å². The van der Waals surface area contributed by atoms with Crippen molar-refractivity contribution in [2.24, 2.45) is 0 Å². The molecule has 8 nitrogen and oxygen atoms in total. The van der Waals surface area contributed by atoms with Crippen molar-refractivity contribution in [3.8, 4) is 0 Å². The number of para-hydroxylation sites is 1. The number of hydrogen-bond acceptors (Lipinski definition) is 5. The van der Waals surface area contributed by atoms with E-state index in [1.807, 2.05) is 72.5 Å². The summed E-state index contributed by atoms with van der Waals surface area (Å²) in [7, 11) is 1.78. The zero-order chi connectivity index (χ0) is 25.7. The van der Waals surface area contributed by atoms with Gasteiger partial charge in [-0.25, -0.2) is 14.8 Å². The van der Waals surface area contributed by atoms with Gasteiger partial charge in [0.15, 0.2) is 0 Å². The lowest BCUT2D eigenvalue weighted by atomic mass is 10.1. The highest BCUT2D eigenvalue weighted by molar-refractivity contribution is 5.94. The molecule has 3 amide bonds. The molecule has 0 atom stereocenters. The molecule has 1 N–H and O–H groups in total. The van der Waals surface area contributed by atoms with Crippen molar-refractivity contribution in [2.75, 3.05) is 48.3 Å². The van der Waals surface area contributed by atoms with Crippen molar-refractivity contribution in [3.63, 3.8) is 0 Å². The fourth-order valence-electron chi connectivity index (χ4n) is 4.13. The van der Waals surface area contributed by atoms with Gasteiger partial charge in [-0.05, 0) is 36.8 Å². The first-order valence-electron chi connectivity index (χ1n) is 12.4. The van der Waals surface area contributed by atoms with Crippen LogP contribution >= 0.6 is 0 Å². The van der Waals surface area contributed by atoms with Crippen LogP contribution in [-0.4, -0.2) is 60.0 Å². The maximum absolute atomic E-state index is 12.8. The van der Waals surface area contributed by atoms with Crippen LogP contribution in [0.3, 0.4) is 0 Å². The number of hydrogen-bond donors (Lipinski definition) is 1. The van der Waals surface area contributed by atoms with Gasteiger partial charge in [0, 0.05) is 62.3 Å². The predicted octanol–water partition coefficient (Wildman–Crippen LogP) is 4.47. The molecular formula is C28H34N6O2. The Bertz CT molecular complexity index is 1190. The first kappa shape index (κ1) is 25.2. The van der Waals surface area contributed by atoms with Crippen LogP contribution in [0.1, 0.15) is 36.8 Å². The third kappa shape index (κ3) is 6.19. The monoisotopic (exact) mass is 486 g/mol. The van der Waals surface area contributed by atoms with E-state index in [-0.39, 0.29) is 17.9 Å². The van der Waals surface area contributed by atoms with E-state index in [2.05, 4.69) is 29.0 Å². The van der Waals surface area contributed by atoms with Gasteiger partial charge in [0.05, 0.1) is 6.42 Å². The molecule has 1 fully saturated rings. The van der Waals surface area contributed by atoms with Crippen LogP contribution in [-0.2, 0) is 11.2 Å². The predicted molar refractivity (Wildman–Crippen MR) is 144 cm³/mol. The summed E-state index contributed by atoms with van der Waals surface area (Å²) in [4.78, 5) is 40.4. The maximum atomic E-state index is 12.8. The van der Waals surface area contributed by atoms with Gasteiger partial charge in [-0.15, -0.1) is 0 Å². The molecule has 0 radical (unpaired) electrons. The minimum atomic E-state index is -0.121. The molecule has 2 aromatic carbocycles. The first-order chi connectivity index (χ1) is 17.3. The third-order valence-electron chi connectivity index (χ3n) is 6.34. The number of amides is 3. The summed E-state index contributed by atoms with van der Waals surface area (Å²) in [6, 6.07) is 18.9. The van der Waals surface area contributed by atoms with E-state index in [1.54, 1.807) is 11.9 Å². The van der Waals surface area contributed by atoms with E-state index < -0.39 is 0 Å². The van der Waals surface area contributed by atoms with Crippen LogP contribution in [0.5, 0.6) is 0 Å². The van der Waals surface area contributed by atoms with E-state index in [1.165, 1.54) is 0 Å². The van der Waals surface area contributed by atoms with E-state index in [4.69, 9.17) is 4.98 Å². The maximum Gasteiger partial charge on any atom is 0.321 e. The van der Waals surface area contributed by atoms with Crippen LogP contribution in [0.15, 0.2) is 60.7 Å². The minimum Gasteiger partial charge on any atom is -0.353 e. The third-order valence-corrected chi connectivity index (χ3v) is 6.34. The number of carbonyl (C=O) groups is 2. The number of likely N-dealkylation sites (N-methyl/N-ethyl adjacent to an activating group) is 1. The summed E-state index contributed by atoms with van der Waals surface area (Å²) in [6.07, 6.45) is 0.294. The van der Waals surface area contributed by atoms with Gasteiger partial charge in [0.1, 0.15) is 11.6 Å². The van der Waals surface area contributed by atoms with Gasteiger partial charge in [-0.1, -0.05) is 44.2 Å². The van der Waals surface area contributed by atoms with Gasteiger partial charge in [0.25, 0.3) is 0 Å². The summed E-state index contributed by atoms with van der Waals surface area (Å²) in [5, 5.41) is 2.98. The molecule has 0 bridgehead atoms. The SMILES string of the molecule is Cc1cc(N2CCN(C(=O)Nc3ccc(CC(=O)N(C)c4ccccc4)cc3)CC2)nc(C(C)C)n1. The quantitative estimate of drug-likeness (QED) is 0.556. The molecule has 0 saturated carbocycles. The normalized spacial score (nSPS) is 13.6. The molecule has 3 aromatic rings. The Balaban J connectivity index is 1.29. The van der Waals surface area contributed by atoms with E-state index >= 15 is 0 Å². The van der Waals surface area contributed by atoms with Crippen LogP contribution in [0.25, 0.3) is 0 Å². The Morgan fingerprint density at radius 3 is 2.28 bits per heavy atom. The molecule has 1 aliphatic heterocycles. The topological polar surface area (TPSA) is 81.7 Å². The van der Waals surface area contributed by atoms with Gasteiger partial charge >= 0.3 is 6.03 Å². The van der Waals surface area contributed by atoms with Gasteiger partial charge < -0.3 is 20.0 Å². The zero-order valence-electron chi connectivity index (χ0n) is 21.4. The lowest BCUT2D eigenvalue weighted by Gasteiger charge is -2.35. The number of benzene rings is 2. The number of aromatic nitrogens is 2. The van der Waals surface area contributed by atoms with E-state index in [0.29, 0.717) is 25.2 Å². The molecule has 36 heavy (non-hydrogen) atoms. The van der Waals surface area contributed by atoms with Crippen molar-refractivity contribution in [1.29, 1.82) is 0 Å². The Labute approximate surface area is 213 Å². The second kappa shape index (κ2) is 11.2. The highest BCUT2D eigenvalue weighted by Gasteiger charge is 2.23. The van der Waals surface area contributed by atoms with Crippen LogP contribution in [0, 0.1) is 6.92 Å². The average molecular weight is 487 g/mol. The highest BCUT2D eigenvalue weighted by Crippen LogP contribution is 2.20. The Kier molecular flexibility index (Phi) is 7.83. The van der Waals surface area contributed by atoms with Gasteiger partial charge in [-0.3, -0.25) is 4.79 Å². The molecule has 0 unspecified atom stereocenters. The number of piperazine rings is 1. The Hall–Kier alpha value is -3.94. The van der Waals surface area contributed by atoms with Gasteiger partial charge in [0.2, 0.25) is 5.91 Å². The van der Waals surface area contributed by atoms with Crippen LogP contribution in [0.2, 0.25) is 0 Å². The summed E-state index contributed by atoms with van der Waals surface area (Å²) < 4.78 is 0. The molecule has 8 heteroatoms. The molecule has 1 aromatic heterocycles. The summed E-state index contributed by atoms with van der Waals surface area (Å²) in [5.74, 6) is 2.05. The summed E-state index contributed by atoms with van der Waals surface area (Å²) in [6.45, 7) is 8.84. The lowest BCUT2D eigenvalue weighted by molar-refractivity contribution is -0.117. The number of anilines is 3. The standard InChI is InChI=1S/C28H34N6O2/c1-20(2)27-29-21(3)18-25(31-27)33-14-16-34(17-15-33)28(36)30-23-12-10-22(11-13-23)19-26(35)32(4)24-8-6-5-7-9-24/h5-13,18,20H,14-17,19H2,1-4H3,(H,30,36). The second-order valence-electron chi connectivity index (χ2n) is 9.45. The Morgan fingerprint density at radius 2 is 1.64 bits per heavy atom. The molecule has 0 spiro atoms. The smallest absolute Gasteiger partial charge is 0.321 e. The number of carbonyl (C=O) groups excluding carboxylic acids is 2. The number of nitrogens with one attached hydrogen (secondary N) is 1. The fourth-order valence-corrected chi connectivity index (χ4v) is 4.13. The van der Waals surface area contributed by atoms with Crippen molar-refractivity contribution in [1.82, 2.24) is 14.9 Å². The zero-order valence-corrected chi connectivity index (χ0v) is 21.4. The fraction of sp³-hybridized carbons (Fsp3) is 0.357. The molecule has 0 aliphatic carbocycles. The molecule has 4 rings (SSSR count). The summed E-state index contributed by atoms with van der Waals surface area (Å²) >= 11 is 0. The van der Waals surface area contributed by atoms with Crippen LogP contribution in [0.4, 0.5) is 22.0 Å². The molecule has 1 aliphatic rings. The van der Waals surface area contributed by atoms with Crippen LogP contribution < -0.4 is 15.1 Å². The van der Waals surface area contributed by atoms with Gasteiger partial charge in [-0.2, -0.15) is 0 Å². The number of nitrogens with zero attached hydrogens (tertiary/aromatic N) is 5. The Morgan fingerprint density at radius 1 is 0.972 bits per heavy atom. The van der Waals surface area contributed by atoms with E-state index in [0.717, 1.165) is 41.7 Å². The number of aryl methyl sites for hydroxylation is 1. The molecule has 1 saturated heterocycles. The molecular weight excluding hydrogens is 452 g/mol. The van der Waals surface area contributed by atoms with Crippen molar-refractivity contribution in [2.45, 2.75) is 33.1 Å². The summed E-state index contributed by atoms with van der Waals surface area (Å²) in [5.41, 5.74) is 3.43. The number of urea groups is 1. The average Bonchev–Trinajstić information content (AvgIpc) is 2.89. The van der Waals surface area contributed by atoms with Crippen molar-refractivity contribution < 1.29 is 9.59 Å². The first-order valence-corrected chi connectivity index (χ1v) is 12.4. The lowest BCUT2D eigenvalue weighted by Crippen LogP contribution is -2.50. The largest absolute Gasteiger partial charge is 0.353 e. The molecule has 2 heterocycles. The molecule has 188 valence electrons. The van der Waals surface area contributed by atoms with Crippen molar-refractivity contribution in [3.05, 3.63) is 77.7 Å². The second-order valence-corrected chi connectivity index (χ2v) is 9.45. The highest BCUT2D eigenvalue weighted by atomic mass is 16.2. The van der Waals surface area contributed by atoms with Crippen molar-refractivity contribution >= 4 is 29.1 Å².